The van der Waals surface area contributed by atoms with Crippen LogP contribution in [0.4, 0.5) is 0 Å². The van der Waals surface area contributed by atoms with Gasteiger partial charge in [0, 0.05) is 32.2 Å². The lowest BCUT2D eigenvalue weighted by atomic mass is 9.93. The van der Waals surface area contributed by atoms with Crippen LogP contribution >= 0.6 is 0 Å². The Kier molecular flexibility index (Phi) is 3.90. The molecule has 0 spiro atoms. The normalized spacial score (nSPS) is 22.4. The molecule has 1 atom stereocenters. The van der Waals surface area contributed by atoms with Crippen molar-refractivity contribution in [1.29, 1.82) is 0 Å². The zero-order valence-corrected chi connectivity index (χ0v) is 12.3. The fourth-order valence-corrected chi connectivity index (χ4v) is 3.34. The van der Waals surface area contributed by atoms with Gasteiger partial charge < -0.3 is 5.32 Å². The topological polar surface area (TPSA) is 15.3 Å². The second kappa shape index (κ2) is 5.64. The Morgan fingerprint density at radius 1 is 1.21 bits per heavy atom. The minimum absolute atomic E-state index is 0.648. The van der Waals surface area contributed by atoms with Crippen LogP contribution in [0, 0.1) is 19.8 Å². The molecule has 0 bridgehead atoms. The van der Waals surface area contributed by atoms with Crippen molar-refractivity contribution in [3.8, 4) is 0 Å². The van der Waals surface area contributed by atoms with E-state index < -0.39 is 0 Å². The Labute approximate surface area is 117 Å². The van der Waals surface area contributed by atoms with Crippen LogP contribution in [0.2, 0.25) is 0 Å². The molecule has 1 aromatic rings. The van der Waals surface area contributed by atoms with Crippen LogP contribution in [0.15, 0.2) is 18.2 Å². The van der Waals surface area contributed by atoms with Gasteiger partial charge >= 0.3 is 0 Å². The van der Waals surface area contributed by atoms with E-state index in [1.807, 2.05) is 0 Å². The van der Waals surface area contributed by atoms with Crippen LogP contribution in [0.25, 0.3) is 0 Å². The monoisotopic (exact) mass is 258 g/mol. The van der Waals surface area contributed by atoms with Crippen LogP contribution in [-0.4, -0.2) is 31.1 Å². The molecule has 2 nitrogen and oxygen atoms in total. The Hall–Kier alpha value is -0.860. The lowest BCUT2D eigenvalue weighted by Gasteiger charge is -2.36. The molecule has 1 aliphatic carbocycles. The van der Waals surface area contributed by atoms with E-state index in [0.29, 0.717) is 6.04 Å². The largest absolute Gasteiger partial charge is 0.314 e. The van der Waals surface area contributed by atoms with Gasteiger partial charge in [-0.1, -0.05) is 36.6 Å². The van der Waals surface area contributed by atoms with Gasteiger partial charge in [0.2, 0.25) is 0 Å². The summed E-state index contributed by atoms with van der Waals surface area (Å²) in [6, 6.07) is 7.65. The molecule has 19 heavy (non-hydrogen) atoms. The summed E-state index contributed by atoms with van der Waals surface area (Å²) < 4.78 is 0. The molecule has 1 saturated heterocycles. The summed E-state index contributed by atoms with van der Waals surface area (Å²) in [6.45, 7) is 9.16. The first-order valence-corrected chi connectivity index (χ1v) is 7.76. The summed E-state index contributed by atoms with van der Waals surface area (Å²) in [7, 11) is 0. The summed E-state index contributed by atoms with van der Waals surface area (Å²) >= 11 is 0. The van der Waals surface area contributed by atoms with Gasteiger partial charge in [-0.2, -0.15) is 0 Å². The lowest BCUT2D eigenvalue weighted by molar-refractivity contribution is 0.160. The van der Waals surface area contributed by atoms with Gasteiger partial charge in [0.1, 0.15) is 0 Å². The minimum atomic E-state index is 0.648. The van der Waals surface area contributed by atoms with Gasteiger partial charge in [0.25, 0.3) is 0 Å². The molecule has 2 aliphatic rings. The molecular formula is C17H26N2. The maximum atomic E-state index is 3.47. The summed E-state index contributed by atoms with van der Waals surface area (Å²) in [4.78, 5) is 2.70. The van der Waals surface area contributed by atoms with E-state index in [1.54, 1.807) is 5.56 Å². The van der Waals surface area contributed by atoms with Crippen LogP contribution in [-0.2, 0) is 0 Å². The Bertz CT molecular complexity index is 431. The smallest absolute Gasteiger partial charge is 0.0354 e. The van der Waals surface area contributed by atoms with Crippen LogP contribution in [0.1, 0.15) is 42.0 Å². The van der Waals surface area contributed by atoms with Gasteiger partial charge in [0.05, 0.1) is 0 Å². The molecule has 0 unspecified atom stereocenters. The highest BCUT2D eigenvalue weighted by atomic mass is 15.2. The number of rotatable bonds is 4. The third kappa shape index (κ3) is 3.18. The van der Waals surface area contributed by atoms with Crippen molar-refractivity contribution in [3.05, 3.63) is 34.9 Å². The van der Waals surface area contributed by atoms with Crippen LogP contribution < -0.4 is 5.32 Å². The van der Waals surface area contributed by atoms with E-state index in [1.165, 1.54) is 43.5 Å². The molecule has 104 valence electrons. The highest BCUT2D eigenvalue weighted by Gasteiger charge is 2.30. The van der Waals surface area contributed by atoms with Gasteiger partial charge in [-0.05, 0) is 37.3 Å². The SMILES string of the molecule is Cc1ccc([C@H](CC2CC2)N2CCNCC2)c(C)c1. The van der Waals surface area contributed by atoms with Crippen molar-refractivity contribution < 1.29 is 0 Å². The second-order valence-corrected chi connectivity index (χ2v) is 6.34. The molecule has 0 radical (unpaired) electrons. The van der Waals surface area contributed by atoms with Crippen molar-refractivity contribution in [2.24, 2.45) is 5.92 Å². The fourth-order valence-electron chi connectivity index (χ4n) is 3.34. The molecular weight excluding hydrogens is 232 g/mol. The third-order valence-corrected chi connectivity index (χ3v) is 4.63. The number of aryl methyl sites for hydroxylation is 2. The Morgan fingerprint density at radius 3 is 2.58 bits per heavy atom. The van der Waals surface area contributed by atoms with Gasteiger partial charge in [0.15, 0.2) is 0 Å². The standard InChI is InChI=1S/C17H26N2/c1-13-3-6-16(14(2)11-13)17(12-15-4-5-15)19-9-7-18-8-10-19/h3,6,11,15,17-18H,4-5,7-10,12H2,1-2H3/t17-/m0/s1. The first-order valence-electron chi connectivity index (χ1n) is 7.76. The molecule has 3 rings (SSSR count). The highest BCUT2D eigenvalue weighted by molar-refractivity contribution is 5.33. The molecule has 1 N–H and O–H groups in total. The van der Waals surface area contributed by atoms with Crippen molar-refractivity contribution >= 4 is 0 Å². The molecule has 1 aromatic carbocycles. The van der Waals surface area contributed by atoms with Gasteiger partial charge in [-0.15, -0.1) is 0 Å². The number of hydrogen-bond donors (Lipinski definition) is 1. The van der Waals surface area contributed by atoms with E-state index in [-0.39, 0.29) is 0 Å². The van der Waals surface area contributed by atoms with E-state index >= 15 is 0 Å². The van der Waals surface area contributed by atoms with Crippen molar-refractivity contribution in [2.45, 2.75) is 39.2 Å². The van der Waals surface area contributed by atoms with E-state index in [0.717, 1.165) is 19.0 Å². The number of benzene rings is 1. The maximum Gasteiger partial charge on any atom is 0.0354 e. The first kappa shape index (κ1) is 13.1. The summed E-state index contributed by atoms with van der Waals surface area (Å²) in [5.41, 5.74) is 4.43. The van der Waals surface area contributed by atoms with Gasteiger partial charge in [-0.3, -0.25) is 4.90 Å². The molecule has 1 heterocycles. The molecule has 2 fully saturated rings. The number of hydrogen-bond acceptors (Lipinski definition) is 2. The average molecular weight is 258 g/mol. The summed E-state index contributed by atoms with van der Waals surface area (Å²) in [6.07, 6.45) is 4.27. The second-order valence-electron chi connectivity index (χ2n) is 6.34. The average Bonchev–Trinajstić information content (AvgIpc) is 3.22. The van der Waals surface area contributed by atoms with E-state index in [9.17, 15) is 0 Å². The van der Waals surface area contributed by atoms with Crippen molar-refractivity contribution in [1.82, 2.24) is 10.2 Å². The molecule has 0 amide bonds. The zero-order valence-electron chi connectivity index (χ0n) is 12.3. The Balaban J connectivity index is 1.83. The summed E-state index contributed by atoms with van der Waals surface area (Å²) in [5, 5.41) is 3.47. The van der Waals surface area contributed by atoms with Crippen LogP contribution in [0.3, 0.4) is 0 Å². The van der Waals surface area contributed by atoms with E-state index in [4.69, 9.17) is 0 Å². The first-order chi connectivity index (χ1) is 9.24. The third-order valence-electron chi connectivity index (χ3n) is 4.63. The number of piperazine rings is 1. The maximum absolute atomic E-state index is 3.47. The van der Waals surface area contributed by atoms with Crippen molar-refractivity contribution in [2.75, 3.05) is 26.2 Å². The number of nitrogens with zero attached hydrogens (tertiary/aromatic N) is 1. The number of nitrogens with one attached hydrogen (secondary N) is 1. The molecule has 2 heteroatoms. The quantitative estimate of drug-likeness (QED) is 0.893. The fraction of sp³-hybridized carbons (Fsp3) is 0.647. The minimum Gasteiger partial charge on any atom is -0.314 e. The van der Waals surface area contributed by atoms with Crippen LogP contribution in [0.5, 0.6) is 0 Å². The summed E-state index contributed by atoms with van der Waals surface area (Å²) in [5.74, 6) is 0.987. The molecule has 1 aliphatic heterocycles. The zero-order chi connectivity index (χ0) is 13.2. The predicted molar refractivity (Wildman–Crippen MR) is 80.4 cm³/mol. The molecule has 0 aromatic heterocycles. The van der Waals surface area contributed by atoms with Gasteiger partial charge in [-0.25, -0.2) is 0 Å². The van der Waals surface area contributed by atoms with Crippen molar-refractivity contribution in [3.63, 3.8) is 0 Å². The highest BCUT2D eigenvalue weighted by Crippen LogP contribution is 2.40. The predicted octanol–water partition coefficient (Wildman–Crippen LogP) is 3.05. The van der Waals surface area contributed by atoms with E-state index in [2.05, 4.69) is 42.3 Å². The lowest BCUT2D eigenvalue weighted by Crippen LogP contribution is -2.45. The molecule has 1 saturated carbocycles. The Morgan fingerprint density at radius 2 is 1.95 bits per heavy atom.